The van der Waals surface area contributed by atoms with E-state index in [0.717, 1.165) is 11.4 Å². The van der Waals surface area contributed by atoms with Crippen molar-refractivity contribution in [3.63, 3.8) is 0 Å². The van der Waals surface area contributed by atoms with Crippen molar-refractivity contribution in [3.05, 3.63) is 282 Å². The van der Waals surface area contributed by atoms with Crippen LogP contribution in [0.2, 0.25) is 0 Å². The van der Waals surface area contributed by atoms with Crippen molar-refractivity contribution in [1.82, 2.24) is 0 Å². The quantitative estimate of drug-likeness (QED) is 0.150. The molecule has 15 rings (SSSR count). The molecule has 0 saturated carbocycles. The highest BCUT2D eigenvalue weighted by molar-refractivity contribution is 6.26. The molecule has 0 heterocycles. The first-order valence-corrected chi connectivity index (χ1v) is 30.6. The molecule has 0 atom stereocenters. The zero-order chi connectivity index (χ0) is 59.1. The molecule has 0 unspecified atom stereocenters. The number of hydrogen-bond donors (Lipinski definition) is 0. The lowest BCUT2D eigenvalue weighted by atomic mass is 9.81. The molecule has 0 amide bonds. The number of aryl methyl sites for hydroxylation is 2. The van der Waals surface area contributed by atoms with E-state index in [2.05, 4.69) is 331 Å². The molecule has 0 saturated heterocycles. The molecule has 14 aromatic rings. The predicted octanol–water partition coefficient (Wildman–Crippen LogP) is 24.3. The minimum atomic E-state index is -0.105. The zero-order valence-corrected chi connectivity index (χ0v) is 51.6. The number of benzene rings is 14. The number of nitrogens with zero attached hydrogens (tertiary/aromatic N) is 1. The lowest BCUT2D eigenvalue weighted by Crippen LogP contribution is -2.15. The van der Waals surface area contributed by atoms with Crippen LogP contribution in [0.3, 0.4) is 0 Å². The fourth-order valence-electron chi connectivity index (χ4n) is 13.4. The van der Waals surface area contributed by atoms with Gasteiger partial charge in [-0.15, -0.1) is 0 Å². The molecular formula is C84H77N. The standard InChI is InChI=1S/C54H45N.C19H16.C11H16/c1-34-10-12-35(13-11-34)40-19-28-45-46-29-20-41(33-49(46)54(5,6)48(45)32-40)36-16-24-43(25-17-36)55(44-26-22-42(23-27-44)53(2,3)4)50-31-21-39-15-14-37-8-7-9-38-18-30-47(50)52(39)51(37)38;1-12(2)16-10-8-15-7-6-13-4-3-5-14-9-11-17(16)19(15)18(13)14;1-9-5-7-10(8-6-9)11(2,3)4/h7-33H,1-6H3;3-12H,1-2H3;5-8H,1-4H3. The first kappa shape index (κ1) is 55.2. The minimum Gasteiger partial charge on any atom is -0.310 e. The summed E-state index contributed by atoms with van der Waals surface area (Å²) in [5.41, 5.74) is 21.0. The number of rotatable bonds is 6. The second kappa shape index (κ2) is 21.2. The van der Waals surface area contributed by atoms with Crippen molar-refractivity contribution >= 4 is 81.7 Å². The Balaban J connectivity index is 0.000000181. The smallest absolute Gasteiger partial charge is 0.0540 e. The summed E-state index contributed by atoms with van der Waals surface area (Å²) >= 11 is 0. The number of hydrogen-bond acceptors (Lipinski definition) is 1. The molecule has 0 spiro atoms. The normalized spacial score (nSPS) is 12.9. The highest BCUT2D eigenvalue weighted by Gasteiger charge is 2.36. The van der Waals surface area contributed by atoms with E-state index >= 15 is 0 Å². The van der Waals surface area contributed by atoms with Crippen LogP contribution >= 0.6 is 0 Å². The summed E-state index contributed by atoms with van der Waals surface area (Å²) in [6.45, 7) is 27.1. The van der Waals surface area contributed by atoms with Crippen LogP contribution in [-0.2, 0) is 16.2 Å². The van der Waals surface area contributed by atoms with E-state index in [9.17, 15) is 0 Å². The summed E-state index contributed by atoms with van der Waals surface area (Å²) in [6, 6.07) is 90.6. The van der Waals surface area contributed by atoms with Gasteiger partial charge in [0.25, 0.3) is 0 Å². The first-order chi connectivity index (χ1) is 40.8. The SMILES string of the molecule is CC(C)c1ccc2ccc3cccc4ccc1c2c34.Cc1ccc(-c2ccc3c(c2)C(C)(C)c2cc(-c4ccc(N(c5ccc(C(C)(C)C)cc5)c5ccc6ccc7cccc8ccc5c6c78)cc4)ccc2-3)cc1.Cc1ccc(C(C)(C)C)cc1. The third-order valence-corrected chi connectivity index (χ3v) is 18.4. The molecule has 418 valence electrons. The van der Waals surface area contributed by atoms with Crippen molar-refractivity contribution < 1.29 is 0 Å². The van der Waals surface area contributed by atoms with Gasteiger partial charge in [0.2, 0.25) is 0 Å². The maximum Gasteiger partial charge on any atom is 0.0540 e. The second-order valence-electron chi connectivity index (χ2n) is 26.9. The molecule has 1 aliphatic carbocycles. The van der Waals surface area contributed by atoms with Gasteiger partial charge in [-0.25, -0.2) is 0 Å². The Morgan fingerprint density at radius 1 is 0.341 bits per heavy atom. The molecule has 0 aliphatic heterocycles. The van der Waals surface area contributed by atoms with Crippen LogP contribution in [0, 0.1) is 13.8 Å². The molecule has 1 nitrogen and oxygen atoms in total. The van der Waals surface area contributed by atoms with Crippen LogP contribution in [0.15, 0.2) is 243 Å². The molecule has 0 radical (unpaired) electrons. The van der Waals surface area contributed by atoms with Gasteiger partial charge in [-0.3, -0.25) is 0 Å². The fraction of sp³-hybridized carbons (Fsp3) is 0.190. The van der Waals surface area contributed by atoms with E-state index in [-0.39, 0.29) is 16.2 Å². The van der Waals surface area contributed by atoms with Gasteiger partial charge in [0.05, 0.1) is 5.69 Å². The summed E-state index contributed by atoms with van der Waals surface area (Å²) in [6.07, 6.45) is 0. The lowest BCUT2D eigenvalue weighted by Gasteiger charge is -2.29. The largest absolute Gasteiger partial charge is 0.310 e. The van der Waals surface area contributed by atoms with Crippen molar-refractivity contribution in [2.75, 3.05) is 4.90 Å². The summed E-state index contributed by atoms with van der Waals surface area (Å²) in [7, 11) is 0. The van der Waals surface area contributed by atoms with Gasteiger partial charge >= 0.3 is 0 Å². The molecule has 14 aromatic carbocycles. The molecule has 0 fully saturated rings. The highest BCUT2D eigenvalue weighted by atomic mass is 15.1. The van der Waals surface area contributed by atoms with Crippen molar-refractivity contribution in [2.24, 2.45) is 0 Å². The fourth-order valence-corrected chi connectivity index (χ4v) is 13.4. The Hall–Kier alpha value is -9.04. The van der Waals surface area contributed by atoms with Crippen LogP contribution in [0.5, 0.6) is 0 Å². The van der Waals surface area contributed by atoms with Crippen LogP contribution in [0.25, 0.3) is 98.0 Å². The molecule has 85 heavy (non-hydrogen) atoms. The van der Waals surface area contributed by atoms with Crippen molar-refractivity contribution in [2.45, 2.75) is 105 Å². The third-order valence-electron chi connectivity index (χ3n) is 18.4. The maximum absolute atomic E-state index is 2.44. The van der Waals surface area contributed by atoms with E-state index in [0.29, 0.717) is 5.92 Å². The van der Waals surface area contributed by atoms with Gasteiger partial charge < -0.3 is 4.90 Å². The van der Waals surface area contributed by atoms with Crippen LogP contribution in [-0.4, -0.2) is 0 Å². The molecule has 0 bridgehead atoms. The van der Waals surface area contributed by atoms with E-state index in [1.165, 1.54) is 143 Å². The second-order valence-corrected chi connectivity index (χ2v) is 26.9. The Morgan fingerprint density at radius 3 is 1.15 bits per heavy atom. The Labute approximate surface area is 503 Å². The number of anilines is 3. The highest BCUT2D eigenvalue weighted by Crippen LogP contribution is 2.51. The predicted molar refractivity (Wildman–Crippen MR) is 371 cm³/mol. The van der Waals surface area contributed by atoms with Gasteiger partial charge in [0, 0.05) is 22.2 Å². The molecular weight excluding hydrogens is 1020 g/mol. The average molecular weight is 1100 g/mol. The van der Waals surface area contributed by atoms with Gasteiger partial charge in [-0.1, -0.05) is 281 Å². The van der Waals surface area contributed by atoms with E-state index in [1.807, 2.05) is 0 Å². The van der Waals surface area contributed by atoms with E-state index in [4.69, 9.17) is 0 Å². The molecule has 1 aliphatic rings. The van der Waals surface area contributed by atoms with E-state index < -0.39 is 0 Å². The van der Waals surface area contributed by atoms with Crippen LogP contribution < -0.4 is 4.90 Å². The zero-order valence-electron chi connectivity index (χ0n) is 51.6. The monoisotopic (exact) mass is 1100 g/mol. The third kappa shape index (κ3) is 10.1. The maximum atomic E-state index is 2.44. The van der Waals surface area contributed by atoms with Gasteiger partial charge in [0.1, 0.15) is 0 Å². The average Bonchev–Trinajstić information content (AvgIpc) is 1.93. The first-order valence-electron chi connectivity index (χ1n) is 30.6. The Morgan fingerprint density at radius 2 is 0.694 bits per heavy atom. The minimum absolute atomic E-state index is 0.0766. The van der Waals surface area contributed by atoms with Gasteiger partial charge in [0.15, 0.2) is 0 Å². The Kier molecular flexibility index (Phi) is 13.8. The summed E-state index contributed by atoms with van der Waals surface area (Å²) in [5, 5.41) is 16.1. The van der Waals surface area contributed by atoms with Crippen LogP contribution in [0.1, 0.15) is 114 Å². The molecule has 0 aromatic heterocycles. The molecule has 1 heteroatoms. The van der Waals surface area contributed by atoms with Crippen molar-refractivity contribution in [1.29, 1.82) is 0 Å². The molecule has 0 N–H and O–H groups in total. The number of fused-ring (bicyclic) bond motifs is 3. The van der Waals surface area contributed by atoms with Crippen LogP contribution in [0.4, 0.5) is 17.1 Å². The Bertz CT molecular complexity index is 4720. The topological polar surface area (TPSA) is 3.24 Å². The van der Waals surface area contributed by atoms with Gasteiger partial charge in [-0.2, -0.15) is 0 Å². The summed E-state index contributed by atoms with van der Waals surface area (Å²) in [5.74, 6) is 0.560. The van der Waals surface area contributed by atoms with Crippen molar-refractivity contribution in [3.8, 4) is 33.4 Å². The summed E-state index contributed by atoms with van der Waals surface area (Å²) in [4.78, 5) is 2.44. The lowest BCUT2D eigenvalue weighted by molar-refractivity contribution is 0.590. The summed E-state index contributed by atoms with van der Waals surface area (Å²) < 4.78 is 0. The van der Waals surface area contributed by atoms with E-state index in [1.54, 1.807) is 0 Å². The van der Waals surface area contributed by atoms with Gasteiger partial charge in [-0.05, 0) is 194 Å².